The first-order chi connectivity index (χ1) is 9.06. The number of benzene rings is 2. The molecule has 4 heteroatoms. The summed E-state index contributed by atoms with van der Waals surface area (Å²) in [6.07, 6.45) is 0. The highest BCUT2D eigenvalue weighted by Gasteiger charge is 2.06. The van der Waals surface area contributed by atoms with Crippen LogP contribution < -0.4 is 10.5 Å². The van der Waals surface area contributed by atoms with E-state index in [0.717, 1.165) is 5.56 Å². The van der Waals surface area contributed by atoms with Crippen molar-refractivity contribution in [2.24, 2.45) is 5.73 Å². The number of hydrogen-bond donors (Lipinski definition) is 1. The zero-order chi connectivity index (χ0) is 13.8. The second-order valence-electron chi connectivity index (χ2n) is 4.28. The van der Waals surface area contributed by atoms with E-state index < -0.39 is 5.82 Å². The standard InChI is InChI=1S/C15H14FNOS/c1-10-2-4-11(5-3-10)9-18-12-6-7-13(15(17)19)14(16)8-12/h2-8H,9H2,1H3,(H2,17,19). The Kier molecular flexibility index (Phi) is 4.12. The second-order valence-corrected chi connectivity index (χ2v) is 4.72. The number of hydrogen-bond acceptors (Lipinski definition) is 2. The maximum Gasteiger partial charge on any atom is 0.137 e. The summed E-state index contributed by atoms with van der Waals surface area (Å²) in [5, 5.41) is 0. The average Bonchev–Trinajstić information content (AvgIpc) is 2.37. The van der Waals surface area contributed by atoms with Crippen LogP contribution in [0, 0.1) is 12.7 Å². The third kappa shape index (κ3) is 3.51. The number of halogens is 1. The van der Waals surface area contributed by atoms with Crippen LogP contribution in [0.3, 0.4) is 0 Å². The van der Waals surface area contributed by atoms with Crippen LogP contribution in [0.2, 0.25) is 0 Å². The molecule has 0 spiro atoms. The predicted molar refractivity (Wildman–Crippen MR) is 77.8 cm³/mol. The molecule has 0 atom stereocenters. The summed E-state index contributed by atoms with van der Waals surface area (Å²) in [7, 11) is 0. The topological polar surface area (TPSA) is 35.2 Å². The van der Waals surface area contributed by atoms with Crippen molar-refractivity contribution >= 4 is 17.2 Å². The molecule has 2 aromatic rings. The van der Waals surface area contributed by atoms with Crippen LogP contribution in [-0.2, 0) is 6.61 Å². The van der Waals surface area contributed by atoms with Crippen molar-refractivity contribution in [2.75, 3.05) is 0 Å². The fraction of sp³-hybridized carbons (Fsp3) is 0.133. The van der Waals surface area contributed by atoms with Crippen molar-refractivity contribution in [3.05, 3.63) is 65.0 Å². The Balaban J connectivity index is 2.06. The summed E-state index contributed by atoms with van der Waals surface area (Å²) in [4.78, 5) is 0.0441. The van der Waals surface area contributed by atoms with Gasteiger partial charge in [0.2, 0.25) is 0 Å². The van der Waals surface area contributed by atoms with Crippen molar-refractivity contribution in [3.8, 4) is 5.75 Å². The van der Waals surface area contributed by atoms with Crippen LogP contribution in [0.25, 0.3) is 0 Å². The molecule has 2 nitrogen and oxygen atoms in total. The molecule has 2 aromatic carbocycles. The van der Waals surface area contributed by atoms with E-state index >= 15 is 0 Å². The van der Waals surface area contributed by atoms with Crippen molar-refractivity contribution in [3.63, 3.8) is 0 Å². The number of aryl methyl sites for hydroxylation is 1. The van der Waals surface area contributed by atoms with Crippen LogP contribution in [0.15, 0.2) is 42.5 Å². The maximum absolute atomic E-state index is 13.6. The quantitative estimate of drug-likeness (QED) is 0.869. The first-order valence-corrected chi connectivity index (χ1v) is 6.25. The Morgan fingerprint density at radius 3 is 2.47 bits per heavy atom. The Morgan fingerprint density at radius 2 is 1.89 bits per heavy atom. The van der Waals surface area contributed by atoms with Gasteiger partial charge in [-0.1, -0.05) is 42.0 Å². The Labute approximate surface area is 117 Å². The lowest BCUT2D eigenvalue weighted by molar-refractivity contribution is 0.304. The molecule has 0 unspecified atom stereocenters. The molecule has 0 heterocycles. The Morgan fingerprint density at radius 1 is 1.21 bits per heavy atom. The van der Waals surface area contributed by atoms with Gasteiger partial charge in [0.15, 0.2) is 0 Å². The molecule has 2 rings (SSSR count). The van der Waals surface area contributed by atoms with Gasteiger partial charge in [0.25, 0.3) is 0 Å². The Bertz CT molecular complexity index is 596. The lowest BCUT2D eigenvalue weighted by Crippen LogP contribution is -2.11. The molecule has 0 aliphatic rings. The normalized spacial score (nSPS) is 10.2. The van der Waals surface area contributed by atoms with Crippen LogP contribution in [0.5, 0.6) is 5.75 Å². The van der Waals surface area contributed by atoms with Gasteiger partial charge in [-0.25, -0.2) is 4.39 Å². The minimum Gasteiger partial charge on any atom is -0.489 e. The van der Waals surface area contributed by atoms with E-state index in [0.29, 0.717) is 12.4 Å². The molecular weight excluding hydrogens is 261 g/mol. The summed E-state index contributed by atoms with van der Waals surface area (Å²) in [5.41, 5.74) is 7.85. The molecule has 0 aliphatic carbocycles. The molecule has 0 saturated heterocycles. The molecule has 0 amide bonds. The van der Waals surface area contributed by atoms with Gasteiger partial charge in [-0.2, -0.15) is 0 Å². The molecule has 19 heavy (non-hydrogen) atoms. The number of thiocarbonyl (C=S) groups is 1. The fourth-order valence-electron chi connectivity index (χ4n) is 1.64. The highest BCUT2D eigenvalue weighted by molar-refractivity contribution is 7.80. The molecule has 0 aromatic heterocycles. The number of ether oxygens (including phenoxy) is 1. The molecule has 0 saturated carbocycles. The fourth-order valence-corrected chi connectivity index (χ4v) is 1.80. The summed E-state index contributed by atoms with van der Waals surface area (Å²) in [6, 6.07) is 12.5. The summed E-state index contributed by atoms with van der Waals surface area (Å²) < 4.78 is 19.2. The summed E-state index contributed by atoms with van der Waals surface area (Å²) in [5.74, 6) is -0.00742. The van der Waals surface area contributed by atoms with Gasteiger partial charge in [-0.3, -0.25) is 0 Å². The lowest BCUT2D eigenvalue weighted by Gasteiger charge is -2.08. The van der Waals surface area contributed by atoms with Gasteiger partial charge >= 0.3 is 0 Å². The number of rotatable bonds is 4. The molecule has 0 aliphatic heterocycles. The second kappa shape index (κ2) is 5.80. The van der Waals surface area contributed by atoms with E-state index in [-0.39, 0.29) is 10.6 Å². The molecule has 0 radical (unpaired) electrons. The average molecular weight is 275 g/mol. The van der Waals surface area contributed by atoms with Crippen molar-refractivity contribution in [1.82, 2.24) is 0 Å². The van der Waals surface area contributed by atoms with Crippen molar-refractivity contribution < 1.29 is 9.13 Å². The first-order valence-electron chi connectivity index (χ1n) is 5.84. The van der Waals surface area contributed by atoms with E-state index in [1.54, 1.807) is 6.07 Å². The van der Waals surface area contributed by atoms with Gasteiger partial charge in [0.1, 0.15) is 23.2 Å². The van der Waals surface area contributed by atoms with E-state index in [9.17, 15) is 4.39 Å². The van der Waals surface area contributed by atoms with Gasteiger partial charge in [0, 0.05) is 11.6 Å². The van der Waals surface area contributed by atoms with Crippen LogP contribution in [-0.4, -0.2) is 4.99 Å². The Hall–Kier alpha value is -1.94. The predicted octanol–water partition coefficient (Wildman–Crippen LogP) is 3.35. The largest absolute Gasteiger partial charge is 0.489 e. The van der Waals surface area contributed by atoms with Gasteiger partial charge in [-0.05, 0) is 24.6 Å². The number of nitrogens with two attached hydrogens (primary N) is 1. The van der Waals surface area contributed by atoms with Crippen LogP contribution in [0.4, 0.5) is 4.39 Å². The lowest BCUT2D eigenvalue weighted by atomic mass is 10.1. The SMILES string of the molecule is Cc1ccc(COc2ccc(C(N)=S)c(F)c2)cc1. The molecular formula is C15H14FNOS. The van der Waals surface area contributed by atoms with E-state index in [4.69, 9.17) is 22.7 Å². The highest BCUT2D eigenvalue weighted by atomic mass is 32.1. The monoisotopic (exact) mass is 275 g/mol. The van der Waals surface area contributed by atoms with E-state index in [2.05, 4.69) is 0 Å². The van der Waals surface area contributed by atoms with E-state index in [1.807, 2.05) is 31.2 Å². The molecule has 0 fully saturated rings. The first kappa shape index (κ1) is 13.5. The van der Waals surface area contributed by atoms with Gasteiger partial charge in [0.05, 0.1) is 0 Å². The van der Waals surface area contributed by atoms with E-state index in [1.165, 1.54) is 17.7 Å². The molecule has 2 N–H and O–H groups in total. The molecule has 98 valence electrons. The summed E-state index contributed by atoms with van der Waals surface area (Å²) in [6.45, 7) is 2.42. The zero-order valence-corrected chi connectivity index (χ0v) is 11.3. The maximum atomic E-state index is 13.6. The third-order valence-corrected chi connectivity index (χ3v) is 2.95. The summed E-state index contributed by atoms with van der Waals surface area (Å²) >= 11 is 4.74. The third-order valence-electron chi connectivity index (χ3n) is 2.73. The molecule has 0 bridgehead atoms. The van der Waals surface area contributed by atoms with Crippen LogP contribution in [0.1, 0.15) is 16.7 Å². The smallest absolute Gasteiger partial charge is 0.137 e. The van der Waals surface area contributed by atoms with Crippen LogP contribution >= 0.6 is 12.2 Å². The van der Waals surface area contributed by atoms with Gasteiger partial charge < -0.3 is 10.5 Å². The highest BCUT2D eigenvalue weighted by Crippen LogP contribution is 2.18. The minimum absolute atomic E-state index is 0.0441. The van der Waals surface area contributed by atoms with Crippen molar-refractivity contribution in [2.45, 2.75) is 13.5 Å². The minimum atomic E-state index is -0.464. The van der Waals surface area contributed by atoms with Gasteiger partial charge in [-0.15, -0.1) is 0 Å². The zero-order valence-electron chi connectivity index (χ0n) is 10.5. The van der Waals surface area contributed by atoms with Crippen molar-refractivity contribution in [1.29, 1.82) is 0 Å².